The lowest BCUT2D eigenvalue weighted by molar-refractivity contribution is 0.469. The summed E-state index contributed by atoms with van der Waals surface area (Å²) < 4.78 is 0. The van der Waals surface area contributed by atoms with Crippen LogP contribution in [0, 0.1) is 5.92 Å². The Morgan fingerprint density at radius 1 is 1.40 bits per heavy atom. The van der Waals surface area contributed by atoms with E-state index in [1.807, 2.05) is 0 Å². The van der Waals surface area contributed by atoms with E-state index < -0.39 is 0 Å². The summed E-state index contributed by atoms with van der Waals surface area (Å²) in [5, 5.41) is 0. The molecule has 0 heteroatoms. The van der Waals surface area contributed by atoms with Gasteiger partial charge < -0.3 is 0 Å². The fourth-order valence-electron chi connectivity index (χ4n) is 1.59. The van der Waals surface area contributed by atoms with Crippen molar-refractivity contribution in [1.82, 2.24) is 0 Å². The van der Waals surface area contributed by atoms with Crippen molar-refractivity contribution in [2.24, 2.45) is 5.92 Å². The first-order valence-corrected chi connectivity index (χ1v) is 4.44. The summed E-state index contributed by atoms with van der Waals surface area (Å²) in [5.74, 6) is 0.962. The van der Waals surface area contributed by atoms with Gasteiger partial charge in [-0.05, 0) is 38.5 Å². The summed E-state index contributed by atoms with van der Waals surface area (Å²) in [6.07, 6.45) is 9.30. The maximum atomic E-state index is 2.41. The molecule has 0 aromatic heterocycles. The Bertz CT molecular complexity index is 122. The molecule has 0 amide bonds. The van der Waals surface area contributed by atoms with Gasteiger partial charge in [0.25, 0.3) is 0 Å². The summed E-state index contributed by atoms with van der Waals surface area (Å²) in [5.41, 5.74) is 1.60. The van der Waals surface area contributed by atoms with Crippen LogP contribution in [0.5, 0.6) is 0 Å². The van der Waals surface area contributed by atoms with Gasteiger partial charge in [0.1, 0.15) is 0 Å². The molecule has 0 nitrogen and oxygen atoms in total. The standard InChI is InChI=1S/C10H18/c1-9-5-3-7-10(2)8-4-6-9/h5,10H,3-4,6-8H2,1-2H3. The first-order chi connectivity index (χ1) is 4.79. The minimum absolute atomic E-state index is 0.962. The van der Waals surface area contributed by atoms with Crippen LogP contribution >= 0.6 is 0 Å². The van der Waals surface area contributed by atoms with Gasteiger partial charge in [-0.25, -0.2) is 0 Å². The average Bonchev–Trinajstić information content (AvgIpc) is 1.84. The first-order valence-electron chi connectivity index (χ1n) is 4.44. The van der Waals surface area contributed by atoms with Gasteiger partial charge in [-0.15, -0.1) is 0 Å². The van der Waals surface area contributed by atoms with E-state index in [9.17, 15) is 0 Å². The van der Waals surface area contributed by atoms with Crippen LogP contribution in [0.3, 0.4) is 0 Å². The smallest absolute Gasteiger partial charge is 0.0323 e. The van der Waals surface area contributed by atoms with E-state index in [-0.39, 0.29) is 0 Å². The molecule has 58 valence electrons. The molecule has 0 saturated carbocycles. The van der Waals surface area contributed by atoms with E-state index >= 15 is 0 Å². The predicted molar refractivity (Wildman–Crippen MR) is 46.0 cm³/mol. The highest BCUT2D eigenvalue weighted by molar-refractivity contribution is 4.98. The van der Waals surface area contributed by atoms with Crippen molar-refractivity contribution in [1.29, 1.82) is 0 Å². The van der Waals surface area contributed by atoms with Gasteiger partial charge in [0.15, 0.2) is 0 Å². The molecule has 0 radical (unpaired) electrons. The molecular formula is C10H18. The van der Waals surface area contributed by atoms with Gasteiger partial charge in [0.05, 0.1) is 0 Å². The van der Waals surface area contributed by atoms with E-state index in [4.69, 9.17) is 0 Å². The first kappa shape index (κ1) is 7.84. The van der Waals surface area contributed by atoms with E-state index in [1.54, 1.807) is 5.57 Å². The molecule has 0 aromatic carbocycles. The summed E-state index contributed by atoms with van der Waals surface area (Å²) in [6.45, 7) is 4.63. The topological polar surface area (TPSA) is 0 Å². The molecule has 1 rings (SSSR count). The molecule has 0 aliphatic heterocycles. The molecular weight excluding hydrogens is 120 g/mol. The molecule has 0 heterocycles. The largest absolute Gasteiger partial charge is 0.0856 e. The Kier molecular flexibility index (Phi) is 2.98. The molecule has 0 spiro atoms. The molecule has 1 aliphatic rings. The van der Waals surface area contributed by atoms with Crippen molar-refractivity contribution in [3.63, 3.8) is 0 Å². The van der Waals surface area contributed by atoms with Crippen molar-refractivity contribution < 1.29 is 0 Å². The highest BCUT2D eigenvalue weighted by Gasteiger charge is 2.03. The van der Waals surface area contributed by atoms with Crippen LogP contribution < -0.4 is 0 Å². The lowest BCUT2D eigenvalue weighted by Gasteiger charge is -2.13. The summed E-state index contributed by atoms with van der Waals surface area (Å²) >= 11 is 0. The van der Waals surface area contributed by atoms with E-state index in [2.05, 4.69) is 19.9 Å². The highest BCUT2D eigenvalue weighted by atomic mass is 14.1. The fraction of sp³-hybridized carbons (Fsp3) is 0.800. The molecule has 0 aromatic rings. The van der Waals surface area contributed by atoms with Crippen LogP contribution in [0.15, 0.2) is 11.6 Å². The van der Waals surface area contributed by atoms with Crippen LogP contribution in [0.2, 0.25) is 0 Å². The third-order valence-electron chi connectivity index (χ3n) is 2.42. The molecule has 1 atom stereocenters. The van der Waals surface area contributed by atoms with Gasteiger partial charge in [-0.2, -0.15) is 0 Å². The maximum absolute atomic E-state index is 2.41. The predicted octanol–water partition coefficient (Wildman–Crippen LogP) is 3.53. The zero-order chi connectivity index (χ0) is 7.40. The van der Waals surface area contributed by atoms with E-state index in [0.717, 1.165) is 5.92 Å². The second-order valence-electron chi connectivity index (χ2n) is 3.63. The Hall–Kier alpha value is -0.260. The quantitative estimate of drug-likeness (QED) is 0.449. The molecule has 1 unspecified atom stereocenters. The van der Waals surface area contributed by atoms with Crippen molar-refractivity contribution in [3.05, 3.63) is 11.6 Å². The summed E-state index contributed by atoms with van der Waals surface area (Å²) in [6, 6.07) is 0. The second kappa shape index (κ2) is 3.80. The lowest BCUT2D eigenvalue weighted by Crippen LogP contribution is -1.97. The van der Waals surface area contributed by atoms with Crippen molar-refractivity contribution in [2.45, 2.75) is 46.0 Å². The molecule has 0 N–H and O–H groups in total. The SMILES string of the molecule is CC1=CCCC(C)CCC1. The number of hydrogen-bond acceptors (Lipinski definition) is 0. The van der Waals surface area contributed by atoms with Crippen LogP contribution in [0.4, 0.5) is 0 Å². The summed E-state index contributed by atoms with van der Waals surface area (Å²) in [7, 11) is 0. The van der Waals surface area contributed by atoms with Crippen molar-refractivity contribution in [2.75, 3.05) is 0 Å². The van der Waals surface area contributed by atoms with Crippen LogP contribution in [0.25, 0.3) is 0 Å². The molecule has 0 fully saturated rings. The summed E-state index contributed by atoms with van der Waals surface area (Å²) in [4.78, 5) is 0. The molecule has 1 aliphatic carbocycles. The minimum Gasteiger partial charge on any atom is -0.0856 e. The Morgan fingerprint density at radius 3 is 3.00 bits per heavy atom. The van der Waals surface area contributed by atoms with Gasteiger partial charge in [-0.1, -0.05) is 25.0 Å². The average molecular weight is 138 g/mol. The zero-order valence-electron chi connectivity index (χ0n) is 7.19. The third kappa shape index (κ3) is 2.55. The molecule has 0 bridgehead atoms. The third-order valence-corrected chi connectivity index (χ3v) is 2.42. The van der Waals surface area contributed by atoms with Gasteiger partial charge in [-0.3, -0.25) is 0 Å². The molecule has 10 heavy (non-hydrogen) atoms. The minimum atomic E-state index is 0.962. The number of hydrogen-bond donors (Lipinski definition) is 0. The number of rotatable bonds is 0. The number of allylic oxidation sites excluding steroid dienone is 2. The fourth-order valence-corrected chi connectivity index (χ4v) is 1.59. The Balaban J connectivity index is 2.38. The van der Waals surface area contributed by atoms with E-state index in [1.165, 1.54) is 32.1 Å². The van der Waals surface area contributed by atoms with Gasteiger partial charge in [0.2, 0.25) is 0 Å². The normalized spacial score (nSPS) is 28.6. The van der Waals surface area contributed by atoms with Crippen LogP contribution in [-0.2, 0) is 0 Å². The van der Waals surface area contributed by atoms with E-state index in [0.29, 0.717) is 0 Å². The van der Waals surface area contributed by atoms with Crippen molar-refractivity contribution >= 4 is 0 Å². The monoisotopic (exact) mass is 138 g/mol. The molecule has 0 saturated heterocycles. The lowest BCUT2D eigenvalue weighted by atomic mass is 9.93. The highest BCUT2D eigenvalue weighted by Crippen LogP contribution is 2.20. The zero-order valence-corrected chi connectivity index (χ0v) is 7.19. The Morgan fingerprint density at radius 2 is 2.20 bits per heavy atom. The second-order valence-corrected chi connectivity index (χ2v) is 3.63. The maximum Gasteiger partial charge on any atom is -0.0323 e. The van der Waals surface area contributed by atoms with Gasteiger partial charge in [0, 0.05) is 0 Å². The van der Waals surface area contributed by atoms with Crippen LogP contribution in [0.1, 0.15) is 46.0 Å². The van der Waals surface area contributed by atoms with Crippen LogP contribution in [-0.4, -0.2) is 0 Å². The Labute approximate surface area is 64.3 Å². The van der Waals surface area contributed by atoms with Gasteiger partial charge >= 0.3 is 0 Å². The van der Waals surface area contributed by atoms with Crippen molar-refractivity contribution in [3.8, 4) is 0 Å².